The molecule has 0 amide bonds. The average Bonchev–Trinajstić information content (AvgIpc) is 2.61. The van der Waals surface area contributed by atoms with Crippen LogP contribution in [0.1, 0.15) is 16.6 Å². The van der Waals surface area contributed by atoms with E-state index in [0.29, 0.717) is 13.2 Å². The van der Waals surface area contributed by atoms with Crippen LogP contribution in [-0.2, 0) is 16.1 Å². The smallest absolute Gasteiger partial charge is 0.393 e. The lowest BCUT2D eigenvalue weighted by Gasteiger charge is -1.98. The minimum atomic E-state index is -1.25. The summed E-state index contributed by atoms with van der Waals surface area (Å²) in [6.07, 6.45) is 0. The number of carboxylic acid groups (broad SMARTS) is 1. The molecule has 0 spiro atoms. The van der Waals surface area contributed by atoms with Gasteiger partial charge in [0.05, 0.1) is 13.2 Å². The molecule has 0 saturated carbocycles. The predicted molar refractivity (Wildman–Crippen MR) is 42.8 cm³/mol. The fraction of sp³-hybridized carbons (Fsp3) is 0.571. The molecule has 7 heteroatoms. The van der Waals surface area contributed by atoms with Gasteiger partial charge in [-0.25, -0.2) is 4.79 Å². The van der Waals surface area contributed by atoms with Gasteiger partial charge in [0, 0.05) is 7.11 Å². The van der Waals surface area contributed by atoms with Crippen molar-refractivity contribution in [3.8, 4) is 0 Å². The van der Waals surface area contributed by atoms with Crippen LogP contribution in [0.15, 0.2) is 4.42 Å². The first-order valence-corrected chi connectivity index (χ1v) is 3.86. The third kappa shape index (κ3) is 3.11. The molecule has 7 nitrogen and oxygen atoms in total. The summed E-state index contributed by atoms with van der Waals surface area (Å²) in [5.41, 5.74) is 0. The number of nitrogens with zero attached hydrogens (tertiary/aromatic N) is 2. The molecule has 78 valence electrons. The van der Waals surface area contributed by atoms with E-state index in [2.05, 4.69) is 10.2 Å². The highest BCUT2D eigenvalue weighted by Crippen LogP contribution is 2.00. The van der Waals surface area contributed by atoms with Gasteiger partial charge in [-0.15, -0.1) is 10.2 Å². The van der Waals surface area contributed by atoms with Crippen LogP contribution in [0.25, 0.3) is 0 Å². The highest BCUT2D eigenvalue weighted by atomic mass is 16.5. The number of methoxy groups -OCH3 is 1. The van der Waals surface area contributed by atoms with E-state index in [-0.39, 0.29) is 12.5 Å². The maximum atomic E-state index is 10.3. The van der Waals surface area contributed by atoms with Crippen molar-refractivity contribution in [1.82, 2.24) is 10.2 Å². The zero-order valence-electron chi connectivity index (χ0n) is 7.60. The Kier molecular flexibility index (Phi) is 4.02. The first-order chi connectivity index (χ1) is 6.74. The normalized spacial score (nSPS) is 10.4. The van der Waals surface area contributed by atoms with Crippen molar-refractivity contribution in [2.45, 2.75) is 6.61 Å². The Morgan fingerprint density at radius 3 is 2.86 bits per heavy atom. The molecule has 0 atom stereocenters. The largest absolute Gasteiger partial charge is 0.474 e. The molecule has 1 aromatic rings. The molecule has 1 N–H and O–H groups in total. The molecule has 0 bridgehead atoms. The SMILES string of the molecule is COCCOCc1nnc(C(=O)O)o1. The Balaban J connectivity index is 2.33. The van der Waals surface area contributed by atoms with Gasteiger partial charge in [-0.05, 0) is 0 Å². The van der Waals surface area contributed by atoms with E-state index < -0.39 is 11.9 Å². The zero-order valence-corrected chi connectivity index (χ0v) is 7.60. The van der Waals surface area contributed by atoms with Crippen LogP contribution in [0.5, 0.6) is 0 Å². The zero-order chi connectivity index (χ0) is 10.4. The number of aromatic carboxylic acids is 1. The number of aromatic nitrogens is 2. The lowest BCUT2D eigenvalue weighted by Crippen LogP contribution is -2.01. The van der Waals surface area contributed by atoms with Crippen molar-refractivity contribution < 1.29 is 23.8 Å². The van der Waals surface area contributed by atoms with Crippen LogP contribution in [-0.4, -0.2) is 41.6 Å². The van der Waals surface area contributed by atoms with E-state index in [1.54, 1.807) is 7.11 Å². The lowest BCUT2D eigenvalue weighted by atomic mass is 10.7. The van der Waals surface area contributed by atoms with Gasteiger partial charge in [-0.2, -0.15) is 0 Å². The molecule has 1 heterocycles. The predicted octanol–water partition coefficient (Wildman–Crippen LogP) is -0.0692. The number of carbonyl (C=O) groups is 1. The number of hydrogen-bond acceptors (Lipinski definition) is 6. The molecule has 1 rings (SSSR count). The summed E-state index contributed by atoms with van der Waals surface area (Å²) >= 11 is 0. The Morgan fingerprint density at radius 1 is 1.50 bits per heavy atom. The van der Waals surface area contributed by atoms with Crippen LogP contribution in [0.3, 0.4) is 0 Å². The summed E-state index contributed by atoms with van der Waals surface area (Å²) in [7, 11) is 1.55. The molecule has 0 aliphatic rings. The quantitative estimate of drug-likeness (QED) is 0.645. The topological polar surface area (TPSA) is 94.7 Å². The second kappa shape index (κ2) is 5.30. The van der Waals surface area contributed by atoms with Crippen molar-refractivity contribution in [1.29, 1.82) is 0 Å². The van der Waals surface area contributed by atoms with Crippen LogP contribution >= 0.6 is 0 Å². The van der Waals surface area contributed by atoms with E-state index in [0.717, 1.165) is 0 Å². The van der Waals surface area contributed by atoms with Crippen molar-refractivity contribution in [3.05, 3.63) is 11.8 Å². The lowest BCUT2D eigenvalue weighted by molar-refractivity contribution is 0.0494. The molecule has 0 fully saturated rings. The molecular weight excluding hydrogens is 192 g/mol. The summed E-state index contributed by atoms with van der Waals surface area (Å²) in [4.78, 5) is 10.3. The van der Waals surface area contributed by atoms with Crippen LogP contribution < -0.4 is 0 Å². The van der Waals surface area contributed by atoms with Gasteiger partial charge in [0.1, 0.15) is 6.61 Å². The van der Waals surface area contributed by atoms with E-state index in [1.807, 2.05) is 0 Å². The van der Waals surface area contributed by atoms with Crippen molar-refractivity contribution >= 4 is 5.97 Å². The van der Waals surface area contributed by atoms with Crippen molar-refractivity contribution in [2.24, 2.45) is 0 Å². The number of hydrogen-bond donors (Lipinski definition) is 1. The second-order valence-electron chi connectivity index (χ2n) is 2.35. The van der Waals surface area contributed by atoms with E-state index in [1.165, 1.54) is 0 Å². The van der Waals surface area contributed by atoms with E-state index in [4.69, 9.17) is 19.0 Å². The van der Waals surface area contributed by atoms with Crippen LogP contribution in [0.2, 0.25) is 0 Å². The first kappa shape index (κ1) is 10.6. The molecule has 14 heavy (non-hydrogen) atoms. The van der Waals surface area contributed by atoms with Crippen LogP contribution in [0, 0.1) is 0 Å². The number of rotatable bonds is 6. The molecular formula is C7H10N2O5. The van der Waals surface area contributed by atoms with Gasteiger partial charge >= 0.3 is 11.9 Å². The summed E-state index contributed by atoms with van der Waals surface area (Å²) in [6.45, 7) is 0.935. The van der Waals surface area contributed by atoms with Gasteiger partial charge in [-0.1, -0.05) is 0 Å². The fourth-order valence-corrected chi connectivity index (χ4v) is 0.700. The highest BCUT2D eigenvalue weighted by Gasteiger charge is 2.12. The van der Waals surface area contributed by atoms with Crippen molar-refractivity contribution in [3.63, 3.8) is 0 Å². The van der Waals surface area contributed by atoms with E-state index >= 15 is 0 Å². The third-order valence-corrected chi connectivity index (χ3v) is 1.31. The molecule has 0 aromatic carbocycles. The van der Waals surface area contributed by atoms with Gasteiger partial charge in [0.25, 0.3) is 0 Å². The summed E-state index contributed by atoms with van der Waals surface area (Å²) in [5, 5.41) is 15.2. The summed E-state index contributed by atoms with van der Waals surface area (Å²) in [6, 6.07) is 0. The van der Waals surface area contributed by atoms with Gasteiger partial charge < -0.3 is 19.0 Å². The minimum Gasteiger partial charge on any atom is -0.474 e. The van der Waals surface area contributed by atoms with Crippen molar-refractivity contribution in [2.75, 3.05) is 20.3 Å². The Labute approximate surface area is 79.6 Å². The maximum Gasteiger partial charge on any atom is 0.393 e. The third-order valence-electron chi connectivity index (χ3n) is 1.31. The fourth-order valence-electron chi connectivity index (χ4n) is 0.700. The first-order valence-electron chi connectivity index (χ1n) is 3.86. The molecule has 0 radical (unpaired) electrons. The monoisotopic (exact) mass is 202 g/mol. The second-order valence-corrected chi connectivity index (χ2v) is 2.35. The molecule has 0 unspecified atom stereocenters. The van der Waals surface area contributed by atoms with Gasteiger partial charge in [-0.3, -0.25) is 0 Å². The highest BCUT2D eigenvalue weighted by molar-refractivity contribution is 5.81. The summed E-state index contributed by atoms with van der Waals surface area (Å²) in [5.74, 6) is -1.55. The van der Waals surface area contributed by atoms with Crippen LogP contribution in [0.4, 0.5) is 0 Å². The minimum absolute atomic E-state index is 0.0869. The molecule has 0 aliphatic heterocycles. The average molecular weight is 202 g/mol. The number of carboxylic acids is 1. The maximum absolute atomic E-state index is 10.3. The van der Waals surface area contributed by atoms with Gasteiger partial charge in [0.15, 0.2) is 0 Å². The summed E-state index contributed by atoms with van der Waals surface area (Å²) < 4.78 is 14.5. The Morgan fingerprint density at radius 2 is 2.29 bits per heavy atom. The Hall–Kier alpha value is -1.47. The standard InChI is InChI=1S/C7H10N2O5/c1-12-2-3-13-4-5-8-9-6(14-5)7(10)11/h2-4H2,1H3,(H,10,11). The Bertz CT molecular complexity index is 298. The molecule has 0 aliphatic carbocycles. The van der Waals surface area contributed by atoms with Gasteiger partial charge in [0.2, 0.25) is 5.89 Å². The molecule has 1 aromatic heterocycles. The number of ether oxygens (including phenoxy) is 2. The molecule has 0 saturated heterocycles. The van der Waals surface area contributed by atoms with E-state index in [9.17, 15) is 4.79 Å².